The molecular formula is C22H29N3O4. The van der Waals surface area contributed by atoms with Gasteiger partial charge in [0.15, 0.2) is 29.0 Å². The van der Waals surface area contributed by atoms with Crippen LogP contribution in [0.5, 0.6) is 23.0 Å². The molecule has 0 aromatic heterocycles. The molecule has 0 spiro atoms. The number of guanidine groups is 1. The predicted molar refractivity (Wildman–Crippen MR) is 113 cm³/mol. The van der Waals surface area contributed by atoms with Crippen LogP contribution in [-0.4, -0.2) is 50.4 Å². The molecule has 2 aromatic carbocycles. The Balaban J connectivity index is 1.82. The van der Waals surface area contributed by atoms with Gasteiger partial charge in [0.05, 0.1) is 27.9 Å². The highest BCUT2D eigenvalue weighted by atomic mass is 16.5. The van der Waals surface area contributed by atoms with E-state index in [2.05, 4.69) is 16.3 Å². The molecule has 0 atom stereocenters. The van der Waals surface area contributed by atoms with Gasteiger partial charge in [-0.25, -0.2) is 4.99 Å². The zero-order chi connectivity index (χ0) is 20.8. The second kappa shape index (κ2) is 9.41. The van der Waals surface area contributed by atoms with Gasteiger partial charge in [-0.2, -0.15) is 0 Å². The van der Waals surface area contributed by atoms with Gasteiger partial charge in [-0.3, -0.25) is 0 Å². The van der Waals surface area contributed by atoms with Crippen LogP contribution >= 0.6 is 0 Å². The second-order valence-corrected chi connectivity index (χ2v) is 6.79. The summed E-state index contributed by atoms with van der Waals surface area (Å²) in [5.41, 5.74) is 3.19. The molecule has 1 heterocycles. The van der Waals surface area contributed by atoms with E-state index in [-0.39, 0.29) is 5.75 Å². The van der Waals surface area contributed by atoms with Gasteiger partial charge in [-0.15, -0.1) is 0 Å². The van der Waals surface area contributed by atoms with E-state index in [1.54, 1.807) is 27.4 Å². The Morgan fingerprint density at radius 3 is 2.41 bits per heavy atom. The summed E-state index contributed by atoms with van der Waals surface area (Å²) in [6.45, 7) is 4.74. The fourth-order valence-electron chi connectivity index (χ4n) is 3.51. The number of para-hydroxylation sites is 1. The topological polar surface area (TPSA) is 75.6 Å². The molecule has 7 nitrogen and oxygen atoms in total. The van der Waals surface area contributed by atoms with Crippen molar-refractivity contribution < 1.29 is 19.3 Å². The molecule has 0 aliphatic carbocycles. The van der Waals surface area contributed by atoms with Crippen LogP contribution in [0.25, 0.3) is 0 Å². The molecule has 0 bridgehead atoms. The van der Waals surface area contributed by atoms with Crippen molar-refractivity contribution in [2.75, 3.05) is 34.4 Å². The lowest BCUT2D eigenvalue weighted by Crippen LogP contribution is -2.44. The van der Waals surface area contributed by atoms with Crippen molar-refractivity contribution >= 4 is 5.96 Å². The van der Waals surface area contributed by atoms with E-state index in [0.29, 0.717) is 12.3 Å². The van der Waals surface area contributed by atoms with Crippen LogP contribution in [0, 0.1) is 0 Å². The number of phenolic OH excluding ortho intramolecular Hbond substituents is 1. The summed E-state index contributed by atoms with van der Waals surface area (Å²) in [5, 5.41) is 13.7. The maximum Gasteiger partial charge on any atom is 0.194 e. The average Bonchev–Trinajstić information content (AvgIpc) is 2.76. The summed E-state index contributed by atoms with van der Waals surface area (Å²) in [5.74, 6) is 2.89. The Labute approximate surface area is 171 Å². The van der Waals surface area contributed by atoms with Crippen LogP contribution in [0.2, 0.25) is 0 Å². The van der Waals surface area contributed by atoms with Crippen molar-refractivity contribution in [3.8, 4) is 23.0 Å². The quantitative estimate of drug-likeness (QED) is 0.575. The number of nitrogens with one attached hydrogen (secondary N) is 1. The maximum atomic E-state index is 10.3. The summed E-state index contributed by atoms with van der Waals surface area (Å²) < 4.78 is 16.1. The lowest BCUT2D eigenvalue weighted by Gasteiger charge is -2.32. The normalized spacial score (nSPS) is 13.7. The van der Waals surface area contributed by atoms with E-state index in [1.165, 1.54) is 11.1 Å². The van der Waals surface area contributed by atoms with Crippen LogP contribution in [0.3, 0.4) is 0 Å². The Hall–Kier alpha value is -3.09. The molecule has 156 valence electrons. The molecule has 1 aliphatic heterocycles. The summed E-state index contributed by atoms with van der Waals surface area (Å²) in [6.07, 6.45) is 0.893. The molecule has 0 fully saturated rings. The standard InChI is InChI=1S/C22H29N3O4/c1-5-23-22(24-13-16-7-6-8-18(27-2)21(16)26)25-10-9-15-11-19(28-3)20(29-4)12-17(15)14-25/h6-8,11-12,26H,5,9-10,13-14H2,1-4H3,(H,23,24). The summed E-state index contributed by atoms with van der Waals surface area (Å²) in [4.78, 5) is 6.97. The Morgan fingerprint density at radius 1 is 1.07 bits per heavy atom. The van der Waals surface area contributed by atoms with Gasteiger partial charge < -0.3 is 29.5 Å². The van der Waals surface area contributed by atoms with E-state index in [4.69, 9.17) is 19.2 Å². The average molecular weight is 399 g/mol. The molecule has 3 rings (SSSR count). The molecular weight excluding hydrogens is 370 g/mol. The summed E-state index contributed by atoms with van der Waals surface area (Å²) >= 11 is 0. The first kappa shape index (κ1) is 20.6. The highest BCUT2D eigenvalue weighted by Crippen LogP contribution is 2.33. The lowest BCUT2D eigenvalue weighted by atomic mass is 9.99. The van der Waals surface area contributed by atoms with E-state index in [9.17, 15) is 5.11 Å². The first-order valence-electron chi connectivity index (χ1n) is 9.73. The number of phenols is 1. The molecule has 0 amide bonds. The van der Waals surface area contributed by atoms with Crippen molar-refractivity contribution in [3.63, 3.8) is 0 Å². The van der Waals surface area contributed by atoms with Gasteiger partial charge in [0.1, 0.15) is 0 Å². The van der Waals surface area contributed by atoms with E-state index < -0.39 is 0 Å². The number of ether oxygens (including phenoxy) is 3. The van der Waals surface area contributed by atoms with Crippen molar-refractivity contribution in [1.82, 2.24) is 10.2 Å². The van der Waals surface area contributed by atoms with Gasteiger partial charge in [0.25, 0.3) is 0 Å². The third kappa shape index (κ3) is 4.50. The molecule has 2 N–H and O–H groups in total. The fourth-order valence-corrected chi connectivity index (χ4v) is 3.51. The van der Waals surface area contributed by atoms with Crippen molar-refractivity contribution in [1.29, 1.82) is 0 Å². The second-order valence-electron chi connectivity index (χ2n) is 6.79. The fraction of sp³-hybridized carbons (Fsp3) is 0.409. The molecule has 0 saturated carbocycles. The SMILES string of the molecule is CCNC(=NCc1cccc(OC)c1O)N1CCc2cc(OC)c(OC)cc2C1. The third-order valence-electron chi connectivity index (χ3n) is 5.05. The van der Waals surface area contributed by atoms with Crippen LogP contribution < -0.4 is 19.5 Å². The van der Waals surface area contributed by atoms with Gasteiger partial charge >= 0.3 is 0 Å². The molecule has 0 radical (unpaired) electrons. The molecule has 1 aliphatic rings. The molecule has 0 unspecified atom stereocenters. The van der Waals surface area contributed by atoms with E-state index in [1.807, 2.05) is 25.1 Å². The van der Waals surface area contributed by atoms with E-state index in [0.717, 1.165) is 49.1 Å². The lowest BCUT2D eigenvalue weighted by molar-refractivity contribution is 0.346. The number of benzene rings is 2. The van der Waals surface area contributed by atoms with Crippen LogP contribution in [0.4, 0.5) is 0 Å². The van der Waals surface area contributed by atoms with Gasteiger partial charge in [-0.1, -0.05) is 12.1 Å². The number of aromatic hydroxyl groups is 1. The van der Waals surface area contributed by atoms with Gasteiger partial charge in [0, 0.05) is 25.2 Å². The number of aliphatic imine (C=N–C) groups is 1. The summed E-state index contributed by atoms with van der Waals surface area (Å²) in [6, 6.07) is 9.54. The first-order valence-corrected chi connectivity index (χ1v) is 9.73. The molecule has 7 heteroatoms. The zero-order valence-electron chi connectivity index (χ0n) is 17.5. The Morgan fingerprint density at radius 2 is 1.76 bits per heavy atom. The van der Waals surface area contributed by atoms with Gasteiger partial charge in [-0.05, 0) is 42.7 Å². The minimum Gasteiger partial charge on any atom is -0.504 e. The third-order valence-corrected chi connectivity index (χ3v) is 5.05. The number of nitrogens with zero attached hydrogens (tertiary/aromatic N) is 2. The minimum absolute atomic E-state index is 0.135. The first-order chi connectivity index (χ1) is 14.1. The zero-order valence-corrected chi connectivity index (χ0v) is 17.5. The van der Waals surface area contributed by atoms with Crippen LogP contribution in [-0.2, 0) is 19.5 Å². The Bertz CT molecular complexity index is 883. The number of fused-ring (bicyclic) bond motifs is 1. The van der Waals surface area contributed by atoms with Crippen molar-refractivity contribution in [2.45, 2.75) is 26.4 Å². The van der Waals surface area contributed by atoms with Crippen LogP contribution in [0.1, 0.15) is 23.6 Å². The molecule has 2 aromatic rings. The smallest absolute Gasteiger partial charge is 0.194 e. The largest absolute Gasteiger partial charge is 0.504 e. The van der Waals surface area contributed by atoms with E-state index >= 15 is 0 Å². The van der Waals surface area contributed by atoms with Gasteiger partial charge in [0.2, 0.25) is 0 Å². The minimum atomic E-state index is 0.135. The molecule has 0 saturated heterocycles. The highest BCUT2D eigenvalue weighted by molar-refractivity contribution is 5.80. The maximum absolute atomic E-state index is 10.3. The summed E-state index contributed by atoms with van der Waals surface area (Å²) in [7, 11) is 4.85. The molecule has 29 heavy (non-hydrogen) atoms. The van der Waals surface area contributed by atoms with Crippen LogP contribution in [0.15, 0.2) is 35.3 Å². The number of hydrogen-bond acceptors (Lipinski definition) is 5. The predicted octanol–water partition coefficient (Wildman–Crippen LogP) is 2.94. The highest BCUT2D eigenvalue weighted by Gasteiger charge is 2.22. The van der Waals surface area contributed by atoms with Crippen molar-refractivity contribution in [3.05, 3.63) is 47.0 Å². The number of hydrogen-bond donors (Lipinski definition) is 2. The Kier molecular flexibility index (Phi) is 6.69. The number of rotatable bonds is 6. The number of methoxy groups -OCH3 is 3. The monoisotopic (exact) mass is 399 g/mol. The van der Waals surface area contributed by atoms with Crippen molar-refractivity contribution in [2.24, 2.45) is 4.99 Å².